The molecule has 3 N–H and O–H groups in total. The van der Waals surface area contributed by atoms with Gasteiger partial charge in [0.15, 0.2) is 0 Å². The molecule has 0 aliphatic heterocycles. The summed E-state index contributed by atoms with van der Waals surface area (Å²) in [5.74, 6) is -0.0204. The molecule has 0 spiro atoms. The Labute approximate surface area is 122 Å². The summed E-state index contributed by atoms with van der Waals surface area (Å²) in [6, 6.07) is 10.1. The molecule has 20 heavy (non-hydrogen) atoms. The van der Waals surface area contributed by atoms with Gasteiger partial charge in [0.2, 0.25) is 0 Å². The van der Waals surface area contributed by atoms with Crippen LogP contribution in [0.3, 0.4) is 0 Å². The molecule has 0 aliphatic rings. The predicted molar refractivity (Wildman–Crippen MR) is 79.6 cm³/mol. The number of hydrogen-bond donors (Lipinski definition) is 2. The van der Waals surface area contributed by atoms with Crippen molar-refractivity contribution in [2.24, 2.45) is 0 Å². The number of aromatic hydroxyl groups is 1. The second-order valence-electron chi connectivity index (χ2n) is 4.18. The third kappa shape index (κ3) is 2.66. The predicted octanol–water partition coefficient (Wildman–Crippen LogP) is 2.45. The molecule has 0 aromatic heterocycles. The van der Waals surface area contributed by atoms with Crippen LogP contribution >= 0.6 is 11.6 Å². The van der Waals surface area contributed by atoms with Gasteiger partial charge in [-0.1, -0.05) is 17.7 Å². The molecular formula is C13H13ClN2O3S. The monoisotopic (exact) mass is 312 g/mol. The van der Waals surface area contributed by atoms with E-state index in [1.165, 1.54) is 37.4 Å². The minimum atomic E-state index is -3.82. The van der Waals surface area contributed by atoms with Crippen molar-refractivity contribution in [3.8, 4) is 5.75 Å². The smallest absolute Gasteiger partial charge is 0.265 e. The summed E-state index contributed by atoms with van der Waals surface area (Å²) in [6.07, 6.45) is 0. The number of nitrogens with zero attached hydrogens (tertiary/aromatic N) is 1. The molecule has 106 valence electrons. The maximum atomic E-state index is 12.5. The SMILES string of the molecule is CN(c1cccc(O)c1)S(=O)(=O)c1ccc(N)cc1Cl. The second-order valence-corrected chi connectivity index (χ2v) is 6.53. The maximum Gasteiger partial charge on any atom is 0.265 e. The fourth-order valence-corrected chi connectivity index (χ4v) is 3.41. The first-order valence-electron chi connectivity index (χ1n) is 5.65. The van der Waals surface area contributed by atoms with E-state index in [-0.39, 0.29) is 15.7 Å². The van der Waals surface area contributed by atoms with Gasteiger partial charge in [-0.25, -0.2) is 8.42 Å². The Balaban J connectivity index is 2.49. The van der Waals surface area contributed by atoms with Gasteiger partial charge in [0.25, 0.3) is 10.0 Å². The zero-order valence-electron chi connectivity index (χ0n) is 10.6. The van der Waals surface area contributed by atoms with Crippen molar-refractivity contribution in [3.05, 3.63) is 47.5 Å². The first-order valence-corrected chi connectivity index (χ1v) is 7.47. The van der Waals surface area contributed by atoms with Gasteiger partial charge in [-0.2, -0.15) is 0 Å². The molecular weight excluding hydrogens is 300 g/mol. The van der Waals surface area contributed by atoms with E-state index in [1.807, 2.05) is 0 Å². The molecule has 0 heterocycles. The highest BCUT2D eigenvalue weighted by Crippen LogP contribution is 2.29. The van der Waals surface area contributed by atoms with Gasteiger partial charge in [0.1, 0.15) is 10.6 Å². The molecule has 5 nitrogen and oxygen atoms in total. The number of hydrogen-bond acceptors (Lipinski definition) is 4. The van der Waals surface area contributed by atoms with Crippen molar-refractivity contribution in [3.63, 3.8) is 0 Å². The van der Waals surface area contributed by atoms with Gasteiger partial charge in [0.05, 0.1) is 10.7 Å². The highest BCUT2D eigenvalue weighted by atomic mass is 35.5. The molecule has 0 aliphatic carbocycles. The van der Waals surface area contributed by atoms with Crippen LogP contribution in [-0.2, 0) is 10.0 Å². The van der Waals surface area contributed by atoms with E-state index in [0.29, 0.717) is 11.4 Å². The van der Waals surface area contributed by atoms with E-state index < -0.39 is 10.0 Å². The maximum absolute atomic E-state index is 12.5. The number of rotatable bonds is 3. The highest BCUT2D eigenvalue weighted by Gasteiger charge is 2.24. The van der Waals surface area contributed by atoms with E-state index in [9.17, 15) is 13.5 Å². The molecule has 0 atom stereocenters. The molecule has 0 radical (unpaired) electrons. The summed E-state index contributed by atoms with van der Waals surface area (Å²) in [5, 5.41) is 9.48. The van der Waals surface area contributed by atoms with Gasteiger partial charge >= 0.3 is 0 Å². The fourth-order valence-electron chi connectivity index (χ4n) is 1.70. The quantitative estimate of drug-likeness (QED) is 0.853. The van der Waals surface area contributed by atoms with Gasteiger partial charge in [-0.15, -0.1) is 0 Å². The van der Waals surface area contributed by atoms with Crippen molar-refractivity contribution < 1.29 is 13.5 Å². The Morgan fingerprint density at radius 3 is 2.50 bits per heavy atom. The molecule has 0 unspecified atom stereocenters. The van der Waals surface area contributed by atoms with Gasteiger partial charge in [0, 0.05) is 18.8 Å². The zero-order chi connectivity index (χ0) is 14.9. The third-order valence-electron chi connectivity index (χ3n) is 2.79. The van der Waals surface area contributed by atoms with Crippen molar-refractivity contribution >= 4 is 33.0 Å². The van der Waals surface area contributed by atoms with Crippen LogP contribution in [0.2, 0.25) is 5.02 Å². The Morgan fingerprint density at radius 2 is 1.90 bits per heavy atom. The van der Waals surface area contributed by atoms with Crippen molar-refractivity contribution in [1.29, 1.82) is 0 Å². The van der Waals surface area contributed by atoms with Crippen molar-refractivity contribution in [1.82, 2.24) is 0 Å². The highest BCUT2D eigenvalue weighted by molar-refractivity contribution is 7.93. The van der Waals surface area contributed by atoms with Crippen LogP contribution in [0.25, 0.3) is 0 Å². The molecule has 2 aromatic carbocycles. The summed E-state index contributed by atoms with van der Waals surface area (Å²) in [5.41, 5.74) is 6.27. The van der Waals surface area contributed by atoms with Crippen LogP contribution in [0.4, 0.5) is 11.4 Å². The summed E-state index contributed by atoms with van der Waals surface area (Å²) in [7, 11) is -2.44. The third-order valence-corrected chi connectivity index (χ3v) is 5.06. The molecule has 7 heteroatoms. The van der Waals surface area contributed by atoms with Crippen LogP contribution in [0.15, 0.2) is 47.4 Å². The molecule has 0 saturated heterocycles. The largest absolute Gasteiger partial charge is 0.508 e. The summed E-state index contributed by atoms with van der Waals surface area (Å²) in [6.45, 7) is 0. The lowest BCUT2D eigenvalue weighted by molar-refractivity contribution is 0.475. The lowest BCUT2D eigenvalue weighted by Crippen LogP contribution is -2.26. The molecule has 0 saturated carbocycles. The van der Waals surface area contributed by atoms with Crippen molar-refractivity contribution in [2.45, 2.75) is 4.90 Å². The Kier molecular flexibility index (Phi) is 3.78. The molecule has 0 fully saturated rings. The fraction of sp³-hybridized carbons (Fsp3) is 0.0769. The summed E-state index contributed by atoms with van der Waals surface area (Å²) >= 11 is 5.94. The number of benzene rings is 2. The van der Waals surface area contributed by atoms with E-state index in [1.54, 1.807) is 12.1 Å². The summed E-state index contributed by atoms with van der Waals surface area (Å²) < 4.78 is 26.0. The number of phenolic OH excluding ortho intramolecular Hbond substituents is 1. The topological polar surface area (TPSA) is 83.6 Å². The van der Waals surface area contributed by atoms with E-state index in [2.05, 4.69) is 0 Å². The Hall–Kier alpha value is -1.92. The number of anilines is 2. The molecule has 0 amide bonds. The minimum Gasteiger partial charge on any atom is -0.508 e. The lowest BCUT2D eigenvalue weighted by Gasteiger charge is -2.20. The average molecular weight is 313 g/mol. The van der Waals surface area contributed by atoms with E-state index >= 15 is 0 Å². The standard InChI is InChI=1S/C13H13ClN2O3S/c1-16(10-3-2-4-11(17)8-10)20(18,19)13-6-5-9(15)7-12(13)14/h2-8,17H,15H2,1H3. The number of halogens is 1. The van der Waals surface area contributed by atoms with Crippen LogP contribution in [0, 0.1) is 0 Å². The van der Waals surface area contributed by atoms with Crippen molar-refractivity contribution in [2.75, 3.05) is 17.1 Å². The van der Waals surface area contributed by atoms with Crippen LogP contribution in [0.1, 0.15) is 0 Å². The number of phenols is 1. The molecule has 2 aromatic rings. The van der Waals surface area contributed by atoms with Crippen LogP contribution < -0.4 is 10.0 Å². The Bertz CT molecular complexity index is 747. The summed E-state index contributed by atoms with van der Waals surface area (Å²) in [4.78, 5) is -0.0424. The Morgan fingerprint density at radius 1 is 1.20 bits per heavy atom. The zero-order valence-corrected chi connectivity index (χ0v) is 12.2. The molecule has 2 rings (SSSR count). The number of nitrogens with two attached hydrogens (primary N) is 1. The lowest BCUT2D eigenvalue weighted by atomic mass is 10.3. The average Bonchev–Trinajstić information content (AvgIpc) is 2.37. The molecule has 0 bridgehead atoms. The second kappa shape index (κ2) is 5.22. The van der Waals surface area contributed by atoms with Gasteiger partial charge < -0.3 is 10.8 Å². The van der Waals surface area contributed by atoms with Crippen LogP contribution in [-0.4, -0.2) is 20.6 Å². The number of nitrogen functional groups attached to an aromatic ring is 1. The first kappa shape index (κ1) is 14.5. The number of sulfonamides is 1. The van der Waals surface area contributed by atoms with Crippen LogP contribution in [0.5, 0.6) is 5.75 Å². The van der Waals surface area contributed by atoms with Gasteiger partial charge in [-0.3, -0.25) is 4.31 Å². The van der Waals surface area contributed by atoms with Gasteiger partial charge in [-0.05, 0) is 30.3 Å². The van der Waals surface area contributed by atoms with E-state index in [0.717, 1.165) is 4.31 Å². The normalized spacial score (nSPS) is 11.3. The first-order chi connectivity index (χ1) is 9.32. The minimum absolute atomic E-state index is 0.0204. The van der Waals surface area contributed by atoms with E-state index in [4.69, 9.17) is 17.3 Å².